The van der Waals surface area contributed by atoms with E-state index in [1.54, 1.807) is 17.0 Å². The normalized spacial score (nSPS) is 14.8. The average Bonchev–Trinajstić information content (AvgIpc) is 2.98. The molecule has 1 saturated heterocycles. The van der Waals surface area contributed by atoms with Crippen LogP contribution in [0.25, 0.3) is 11.0 Å². The number of imidazole rings is 1. The molecule has 1 aliphatic rings. The van der Waals surface area contributed by atoms with Gasteiger partial charge in [0.15, 0.2) is 0 Å². The molecule has 1 aliphatic heterocycles. The van der Waals surface area contributed by atoms with Crippen molar-refractivity contribution in [3.63, 3.8) is 0 Å². The number of benzene rings is 2. The fourth-order valence-corrected chi connectivity index (χ4v) is 3.36. The lowest BCUT2D eigenvalue weighted by Gasteiger charge is -2.36. The minimum Gasteiger partial charge on any atom is -0.368 e. The number of para-hydroxylation sites is 2. The van der Waals surface area contributed by atoms with Crippen LogP contribution >= 0.6 is 0 Å². The van der Waals surface area contributed by atoms with Gasteiger partial charge in [-0.2, -0.15) is 0 Å². The number of amides is 1. The number of nitrogens with one attached hydrogen (secondary N) is 1. The summed E-state index contributed by atoms with van der Waals surface area (Å²) in [7, 11) is 0. The van der Waals surface area contributed by atoms with E-state index < -0.39 is 0 Å². The van der Waals surface area contributed by atoms with Crippen molar-refractivity contribution in [2.75, 3.05) is 31.1 Å². The largest absolute Gasteiger partial charge is 0.368 e. The number of carbonyl (C=O) groups is 1. The second-order valence-corrected chi connectivity index (χ2v) is 6.38. The number of nitrogens with zero attached hydrogens (tertiary/aromatic N) is 3. The summed E-state index contributed by atoms with van der Waals surface area (Å²) in [5.74, 6) is -0.331. The molecule has 1 aromatic heterocycles. The third-order valence-electron chi connectivity index (χ3n) is 4.80. The van der Waals surface area contributed by atoms with Gasteiger partial charge in [0.1, 0.15) is 12.4 Å². The van der Waals surface area contributed by atoms with Crippen molar-refractivity contribution < 1.29 is 9.18 Å². The lowest BCUT2D eigenvalue weighted by Crippen LogP contribution is -2.50. The number of halogens is 1. The molecule has 0 spiro atoms. The Morgan fingerprint density at radius 2 is 1.69 bits per heavy atom. The molecule has 2 aromatic carbocycles. The number of carbonyl (C=O) groups excluding carboxylic acids is 1. The molecule has 0 bridgehead atoms. The van der Waals surface area contributed by atoms with E-state index >= 15 is 0 Å². The summed E-state index contributed by atoms with van der Waals surface area (Å²) in [5.41, 5.74) is 2.14. The SMILES string of the molecule is O=C(Cn1c(=O)[nH]c2ccccc21)N1CCN(c2ccc(F)cc2)CC1. The molecule has 1 amide bonds. The molecule has 0 aliphatic carbocycles. The highest BCUT2D eigenvalue weighted by atomic mass is 19.1. The van der Waals surface area contributed by atoms with Crippen LogP contribution < -0.4 is 10.6 Å². The van der Waals surface area contributed by atoms with Gasteiger partial charge < -0.3 is 14.8 Å². The molecule has 1 N–H and O–H groups in total. The van der Waals surface area contributed by atoms with E-state index in [4.69, 9.17) is 0 Å². The number of rotatable bonds is 3. The summed E-state index contributed by atoms with van der Waals surface area (Å²) in [4.78, 5) is 31.4. The monoisotopic (exact) mass is 354 g/mol. The Bertz CT molecular complexity index is 985. The van der Waals surface area contributed by atoms with E-state index in [-0.39, 0.29) is 24.0 Å². The highest BCUT2D eigenvalue weighted by Gasteiger charge is 2.22. The van der Waals surface area contributed by atoms with Crippen LogP contribution in [0.3, 0.4) is 0 Å². The Labute approximate surface area is 149 Å². The molecule has 6 nitrogen and oxygen atoms in total. The Morgan fingerprint density at radius 1 is 1.00 bits per heavy atom. The summed E-state index contributed by atoms with van der Waals surface area (Å²) in [5, 5.41) is 0. The highest BCUT2D eigenvalue weighted by Crippen LogP contribution is 2.17. The number of aromatic amines is 1. The van der Waals surface area contributed by atoms with Crippen LogP contribution in [-0.2, 0) is 11.3 Å². The second-order valence-electron chi connectivity index (χ2n) is 6.38. The fraction of sp³-hybridized carbons (Fsp3) is 0.263. The molecule has 3 aromatic rings. The zero-order chi connectivity index (χ0) is 18.1. The molecule has 0 unspecified atom stereocenters. The minimum atomic E-state index is -0.274. The molecule has 2 heterocycles. The first kappa shape index (κ1) is 16.4. The van der Waals surface area contributed by atoms with E-state index in [1.165, 1.54) is 16.7 Å². The third kappa shape index (κ3) is 3.08. The van der Waals surface area contributed by atoms with Gasteiger partial charge in [0.25, 0.3) is 0 Å². The van der Waals surface area contributed by atoms with E-state index in [1.807, 2.05) is 24.3 Å². The van der Waals surface area contributed by atoms with E-state index in [9.17, 15) is 14.0 Å². The number of H-pyrrole nitrogens is 1. The van der Waals surface area contributed by atoms with Crippen molar-refractivity contribution >= 4 is 22.6 Å². The quantitative estimate of drug-likeness (QED) is 0.780. The van der Waals surface area contributed by atoms with Crippen LogP contribution in [0.5, 0.6) is 0 Å². The topological polar surface area (TPSA) is 61.3 Å². The number of hydrogen-bond acceptors (Lipinski definition) is 3. The molecular weight excluding hydrogens is 335 g/mol. The number of piperazine rings is 1. The van der Waals surface area contributed by atoms with E-state index in [2.05, 4.69) is 9.88 Å². The second kappa shape index (κ2) is 6.67. The first-order chi connectivity index (χ1) is 12.6. The summed E-state index contributed by atoms with van der Waals surface area (Å²) in [6, 6.07) is 13.7. The predicted molar refractivity (Wildman–Crippen MR) is 97.8 cm³/mol. The van der Waals surface area contributed by atoms with Gasteiger partial charge in [-0.3, -0.25) is 9.36 Å². The smallest absolute Gasteiger partial charge is 0.326 e. The van der Waals surface area contributed by atoms with Crippen LogP contribution in [0.1, 0.15) is 0 Å². The van der Waals surface area contributed by atoms with Crippen molar-refractivity contribution in [3.05, 3.63) is 64.8 Å². The van der Waals surface area contributed by atoms with Crippen LogP contribution in [-0.4, -0.2) is 46.5 Å². The standard InChI is InChI=1S/C19H19FN4O2/c20-14-5-7-15(8-6-14)22-9-11-23(12-10-22)18(25)13-24-17-4-2-1-3-16(17)21-19(24)26/h1-8H,9-13H2,(H,21,26). The van der Waals surface area contributed by atoms with Gasteiger partial charge >= 0.3 is 5.69 Å². The molecule has 26 heavy (non-hydrogen) atoms. The van der Waals surface area contributed by atoms with Crippen molar-refractivity contribution in [1.29, 1.82) is 0 Å². The van der Waals surface area contributed by atoms with Gasteiger partial charge in [-0.1, -0.05) is 12.1 Å². The Balaban J connectivity index is 1.43. The summed E-state index contributed by atoms with van der Waals surface area (Å²) < 4.78 is 14.5. The number of hydrogen-bond donors (Lipinski definition) is 1. The average molecular weight is 354 g/mol. The number of anilines is 1. The first-order valence-electron chi connectivity index (χ1n) is 8.58. The Hall–Kier alpha value is -3.09. The summed E-state index contributed by atoms with van der Waals surface area (Å²) in [6.07, 6.45) is 0. The zero-order valence-electron chi connectivity index (χ0n) is 14.2. The van der Waals surface area contributed by atoms with Crippen LogP contribution in [0.15, 0.2) is 53.3 Å². The molecule has 0 saturated carbocycles. The van der Waals surface area contributed by atoms with Gasteiger partial charge in [0.05, 0.1) is 11.0 Å². The minimum absolute atomic E-state index is 0.0272. The molecule has 0 radical (unpaired) electrons. The van der Waals surface area contributed by atoms with E-state index in [0.717, 1.165) is 16.7 Å². The van der Waals surface area contributed by atoms with Gasteiger partial charge in [-0.15, -0.1) is 0 Å². The van der Waals surface area contributed by atoms with Crippen molar-refractivity contribution in [3.8, 4) is 0 Å². The molecule has 4 rings (SSSR count). The first-order valence-corrected chi connectivity index (χ1v) is 8.58. The summed E-state index contributed by atoms with van der Waals surface area (Å²) in [6.45, 7) is 2.54. The van der Waals surface area contributed by atoms with Gasteiger partial charge in [-0.25, -0.2) is 9.18 Å². The van der Waals surface area contributed by atoms with Crippen LogP contribution in [0.4, 0.5) is 10.1 Å². The fourth-order valence-electron chi connectivity index (χ4n) is 3.36. The Kier molecular flexibility index (Phi) is 4.20. The van der Waals surface area contributed by atoms with Crippen LogP contribution in [0, 0.1) is 5.82 Å². The molecular formula is C19H19FN4O2. The van der Waals surface area contributed by atoms with Crippen molar-refractivity contribution in [2.45, 2.75) is 6.54 Å². The van der Waals surface area contributed by atoms with E-state index in [0.29, 0.717) is 26.2 Å². The maximum atomic E-state index is 13.0. The zero-order valence-corrected chi connectivity index (χ0v) is 14.2. The van der Waals surface area contributed by atoms with Gasteiger partial charge in [-0.05, 0) is 36.4 Å². The maximum absolute atomic E-state index is 13.0. The number of fused-ring (bicyclic) bond motifs is 1. The van der Waals surface area contributed by atoms with Gasteiger partial charge in [0.2, 0.25) is 5.91 Å². The highest BCUT2D eigenvalue weighted by molar-refractivity contribution is 5.80. The summed E-state index contributed by atoms with van der Waals surface area (Å²) >= 11 is 0. The Morgan fingerprint density at radius 3 is 2.42 bits per heavy atom. The third-order valence-corrected chi connectivity index (χ3v) is 4.80. The number of aromatic nitrogens is 2. The van der Waals surface area contributed by atoms with Gasteiger partial charge in [0, 0.05) is 31.9 Å². The maximum Gasteiger partial charge on any atom is 0.326 e. The van der Waals surface area contributed by atoms with Crippen molar-refractivity contribution in [2.24, 2.45) is 0 Å². The molecule has 1 fully saturated rings. The van der Waals surface area contributed by atoms with Crippen LogP contribution in [0.2, 0.25) is 0 Å². The lowest BCUT2D eigenvalue weighted by atomic mass is 10.2. The predicted octanol–water partition coefficient (Wildman–Crippen LogP) is 1.82. The molecule has 0 atom stereocenters. The molecule has 7 heteroatoms. The van der Waals surface area contributed by atoms with Crippen molar-refractivity contribution in [1.82, 2.24) is 14.5 Å². The molecule has 134 valence electrons. The lowest BCUT2D eigenvalue weighted by molar-refractivity contribution is -0.132.